The second-order valence-corrected chi connectivity index (χ2v) is 10.2. The molecule has 2 aromatic rings. The van der Waals surface area contributed by atoms with E-state index >= 15 is 0 Å². The van der Waals surface area contributed by atoms with Crippen LogP contribution in [0.4, 0.5) is 5.82 Å². The molecule has 0 bridgehead atoms. The highest BCUT2D eigenvalue weighted by Gasteiger charge is 2.32. The summed E-state index contributed by atoms with van der Waals surface area (Å²) in [6, 6.07) is 7.44. The number of fused-ring (bicyclic) bond motifs is 1. The van der Waals surface area contributed by atoms with Crippen molar-refractivity contribution in [1.29, 1.82) is 0 Å². The Kier molecular flexibility index (Phi) is 6.43. The quantitative estimate of drug-likeness (QED) is 0.614. The zero-order valence-corrected chi connectivity index (χ0v) is 19.7. The van der Waals surface area contributed by atoms with Gasteiger partial charge in [-0.2, -0.15) is 0 Å². The zero-order valence-electron chi connectivity index (χ0n) is 18.9. The van der Waals surface area contributed by atoms with Crippen molar-refractivity contribution in [3.8, 4) is 11.1 Å². The van der Waals surface area contributed by atoms with E-state index in [9.17, 15) is 14.4 Å². The Bertz CT molecular complexity index is 1110. The maximum absolute atomic E-state index is 12.9. The number of benzene rings is 1. The number of carbonyl (C=O) groups excluding carboxylic acids is 3. The first-order valence-electron chi connectivity index (χ1n) is 11.3. The van der Waals surface area contributed by atoms with Crippen LogP contribution in [-0.4, -0.2) is 29.3 Å². The third kappa shape index (κ3) is 5.03. The minimum atomic E-state index is -0.323. The van der Waals surface area contributed by atoms with Gasteiger partial charge in [-0.05, 0) is 54.5 Å². The highest BCUT2D eigenvalue weighted by molar-refractivity contribution is 6.33. The molecule has 1 aliphatic heterocycles. The minimum Gasteiger partial charge on any atom is -0.370 e. The molecule has 0 unspecified atom stereocenters. The van der Waals surface area contributed by atoms with Gasteiger partial charge in [0.25, 0.3) is 5.91 Å². The summed E-state index contributed by atoms with van der Waals surface area (Å²) in [7, 11) is 0. The molecule has 174 valence electrons. The maximum atomic E-state index is 12.9. The number of primary amides is 1. The number of nitrogens with two attached hydrogens (primary N) is 1. The lowest BCUT2D eigenvalue weighted by molar-refractivity contribution is -0.123. The van der Waals surface area contributed by atoms with Gasteiger partial charge in [0.15, 0.2) is 0 Å². The zero-order chi connectivity index (χ0) is 23.8. The number of rotatable bonds is 5. The Morgan fingerprint density at radius 3 is 2.79 bits per heavy atom. The largest absolute Gasteiger partial charge is 0.370 e. The van der Waals surface area contributed by atoms with Crippen LogP contribution in [0, 0.1) is 11.8 Å². The van der Waals surface area contributed by atoms with Gasteiger partial charge in [0.2, 0.25) is 11.8 Å². The molecule has 1 aromatic heterocycles. The molecule has 7 nitrogen and oxygen atoms in total. The van der Waals surface area contributed by atoms with Crippen LogP contribution >= 0.6 is 11.6 Å². The molecule has 1 aliphatic carbocycles. The summed E-state index contributed by atoms with van der Waals surface area (Å²) < 4.78 is 0. The first kappa shape index (κ1) is 23.2. The van der Waals surface area contributed by atoms with Crippen molar-refractivity contribution < 1.29 is 14.4 Å². The molecule has 1 saturated carbocycles. The van der Waals surface area contributed by atoms with Crippen LogP contribution in [0.3, 0.4) is 0 Å². The van der Waals surface area contributed by atoms with E-state index in [-0.39, 0.29) is 35.0 Å². The molecule has 4 N–H and O–H groups in total. The van der Waals surface area contributed by atoms with Crippen LogP contribution in [-0.2, 0) is 15.0 Å². The summed E-state index contributed by atoms with van der Waals surface area (Å²) in [5, 5.41) is 6.31. The first-order valence-corrected chi connectivity index (χ1v) is 11.7. The predicted octanol–water partition coefficient (Wildman–Crippen LogP) is 4.04. The molecule has 2 atom stereocenters. The fourth-order valence-corrected chi connectivity index (χ4v) is 5.13. The number of hydrogen-bond acceptors (Lipinski definition) is 4. The van der Waals surface area contributed by atoms with Crippen molar-refractivity contribution in [2.75, 3.05) is 11.9 Å². The van der Waals surface area contributed by atoms with Crippen LogP contribution < -0.4 is 16.4 Å². The van der Waals surface area contributed by atoms with Crippen molar-refractivity contribution in [3.63, 3.8) is 0 Å². The Hall–Kier alpha value is -2.93. The van der Waals surface area contributed by atoms with Crippen molar-refractivity contribution in [1.82, 2.24) is 10.3 Å². The van der Waals surface area contributed by atoms with E-state index in [0.29, 0.717) is 35.8 Å². The van der Waals surface area contributed by atoms with Gasteiger partial charge < -0.3 is 16.4 Å². The number of carbonyl (C=O) groups is 3. The lowest BCUT2D eigenvalue weighted by Gasteiger charge is -2.33. The van der Waals surface area contributed by atoms with E-state index in [2.05, 4.69) is 29.5 Å². The van der Waals surface area contributed by atoms with Gasteiger partial charge >= 0.3 is 0 Å². The molecule has 33 heavy (non-hydrogen) atoms. The second-order valence-electron chi connectivity index (χ2n) is 9.77. The number of nitrogens with zero attached hydrogens (tertiary/aromatic N) is 1. The fourth-order valence-electron chi connectivity index (χ4n) is 4.92. The molecule has 2 aliphatic rings. The van der Waals surface area contributed by atoms with E-state index in [0.717, 1.165) is 36.0 Å². The molecule has 1 aromatic carbocycles. The van der Waals surface area contributed by atoms with Crippen molar-refractivity contribution in [2.24, 2.45) is 17.6 Å². The van der Waals surface area contributed by atoms with E-state index in [1.807, 2.05) is 18.2 Å². The van der Waals surface area contributed by atoms with Crippen molar-refractivity contribution in [2.45, 2.75) is 51.4 Å². The Balaban J connectivity index is 1.56. The first-order chi connectivity index (χ1) is 15.6. The number of pyridine rings is 1. The number of anilines is 1. The summed E-state index contributed by atoms with van der Waals surface area (Å²) in [6.07, 6.45) is 5.09. The van der Waals surface area contributed by atoms with Gasteiger partial charge in [-0.15, -0.1) is 0 Å². The van der Waals surface area contributed by atoms with Crippen molar-refractivity contribution >= 4 is 35.1 Å². The molecule has 0 spiro atoms. The molecule has 3 amide bonds. The van der Waals surface area contributed by atoms with Crippen LogP contribution in [0.1, 0.15) is 61.9 Å². The molecule has 2 heterocycles. The van der Waals surface area contributed by atoms with Gasteiger partial charge in [0, 0.05) is 41.6 Å². The third-order valence-electron chi connectivity index (χ3n) is 6.75. The van der Waals surface area contributed by atoms with Gasteiger partial charge in [0.1, 0.15) is 5.82 Å². The lowest BCUT2D eigenvalue weighted by atomic mass is 9.78. The SMILES string of the molecule is CC1(C)CNC(=O)c2ccc(-c3cc(NC(=O)[C@H]4CCC[C@@H](CC(N)=O)C4)ncc3Cl)cc21. The Labute approximate surface area is 198 Å². The summed E-state index contributed by atoms with van der Waals surface area (Å²) in [6.45, 7) is 4.74. The number of amides is 3. The summed E-state index contributed by atoms with van der Waals surface area (Å²) in [5.74, 6) is -0.106. The molecular formula is C25H29ClN4O3. The highest BCUT2D eigenvalue weighted by atomic mass is 35.5. The minimum absolute atomic E-state index is 0.0771. The van der Waals surface area contributed by atoms with Crippen LogP contribution in [0.5, 0.6) is 0 Å². The van der Waals surface area contributed by atoms with E-state index in [1.54, 1.807) is 6.07 Å². The fraction of sp³-hybridized carbons (Fsp3) is 0.440. The number of halogens is 1. The summed E-state index contributed by atoms with van der Waals surface area (Å²) in [4.78, 5) is 40.7. The van der Waals surface area contributed by atoms with Gasteiger partial charge in [-0.25, -0.2) is 4.98 Å². The van der Waals surface area contributed by atoms with E-state index in [1.165, 1.54) is 6.20 Å². The molecule has 0 saturated heterocycles. The average Bonchev–Trinajstić information content (AvgIpc) is 2.77. The van der Waals surface area contributed by atoms with E-state index in [4.69, 9.17) is 17.3 Å². The maximum Gasteiger partial charge on any atom is 0.251 e. The monoisotopic (exact) mass is 468 g/mol. The lowest BCUT2D eigenvalue weighted by Crippen LogP contribution is -2.43. The Morgan fingerprint density at radius 2 is 2.03 bits per heavy atom. The smallest absolute Gasteiger partial charge is 0.251 e. The highest BCUT2D eigenvalue weighted by Crippen LogP contribution is 2.36. The topological polar surface area (TPSA) is 114 Å². The Morgan fingerprint density at radius 1 is 1.24 bits per heavy atom. The van der Waals surface area contributed by atoms with Crippen LogP contribution in [0.2, 0.25) is 5.02 Å². The molecule has 0 radical (unpaired) electrons. The second kappa shape index (κ2) is 9.14. The molecular weight excluding hydrogens is 440 g/mol. The average molecular weight is 469 g/mol. The predicted molar refractivity (Wildman–Crippen MR) is 128 cm³/mol. The van der Waals surface area contributed by atoms with Gasteiger partial charge in [0.05, 0.1) is 5.02 Å². The number of hydrogen-bond donors (Lipinski definition) is 3. The number of nitrogens with one attached hydrogen (secondary N) is 2. The normalized spacial score (nSPS) is 21.6. The van der Waals surface area contributed by atoms with E-state index < -0.39 is 0 Å². The van der Waals surface area contributed by atoms with Crippen LogP contribution in [0.15, 0.2) is 30.5 Å². The van der Waals surface area contributed by atoms with Gasteiger partial charge in [-0.3, -0.25) is 14.4 Å². The molecule has 1 fully saturated rings. The summed E-state index contributed by atoms with van der Waals surface area (Å²) >= 11 is 6.47. The van der Waals surface area contributed by atoms with Crippen molar-refractivity contribution in [3.05, 3.63) is 46.6 Å². The standard InChI is InChI=1S/C25H29ClN4O3/c1-25(2)13-29-24(33)17-7-6-15(10-19(17)25)18-11-22(28-12-20(18)26)30-23(32)16-5-3-4-14(8-16)9-21(27)31/h6-7,10-12,14,16H,3-5,8-9,13H2,1-2H3,(H2,27,31)(H,29,33)(H,28,30,32)/t14-,16+/m1/s1. The molecule has 4 rings (SSSR count). The molecule has 8 heteroatoms. The van der Waals surface area contributed by atoms with Gasteiger partial charge in [-0.1, -0.05) is 37.9 Å². The van der Waals surface area contributed by atoms with Crippen LogP contribution in [0.25, 0.3) is 11.1 Å². The number of aromatic nitrogens is 1. The third-order valence-corrected chi connectivity index (χ3v) is 7.05. The summed E-state index contributed by atoms with van der Waals surface area (Å²) in [5.41, 5.74) is 8.35.